The van der Waals surface area contributed by atoms with E-state index in [0.29, 0.717) is 5.56 Å². The second-order valence-corrected chi connectivity index (χ2v) is 3.85. The number of benzene rings is 1. The van der Waals surface area contributed by atoms with Gasteiger partial charge in [0.15, 0.2) is 0 Å². The van der Waals surface area contributed by atoms with Crippen molar-refractivity contribution in [3.8, 4) is 6.07 Å². The Labute approximate surface area is 111 Å². The van der Waals surface area contributed by atoms with Crippen LogP contribution in [0.1, 0.15) is 12.5 Å². The highest BCUT2D eigenvalue weighted by Gasteiger charge is 2.09. The standard InChI is InChI=1S/C15H12N2O2/c1-2-19-15(18)13(9-16)8-11-7-12-5-3-4-6-14(12)17-10-11/h3-8,10H,2H2,1H3. The fraction of sp³-hybridized carbons (Fsp3) is 0.133. The first-order chi connectivity index (χ1) is 9.24. The van der Waals surface area contributed by atoms with E-state index in [0.717, 1.165) is 10.9 Å². The molecule has 0 aliphatic heterocycles. The average Bonchev–Trinajstić information content (AvgIpc) is 2.44. The predicted molar refractivity (Wildman–Crippen MR) is 72.0 cm³/mol. The number of ether oxygens (including phenoxy) is 1. The molecule has 1 heterocycles. The SMILES string of the molecule is CCOC(=O)C(C#N)=Cc1cnc2ccccc2c1. The van der Waals surface area contributed by atoms with E-state index in [2.05, 4.69) is 4.98 Å². The molecule has 0 atom stereocenters. The average molecular weight is 252 g/mol. The molecule has 0 spiro atoms. The maximum atomic E-state index is 11.5. The van der Waals surface area contributed by atoms with Crippen molar-refractivity contribution in [1.82, 2.24) is 4.98 Å². The number of nitriles is 1. The summed E-state index contributed by atoms with van der Waals surface area (Å²) >= 11 is 0. The Morgan fingerprint density at radius 2 is 2.26 bits per heavy atom. The second-order valence-electron chi connectivity index (χ2n) is 3.85. The number of nitrogens with zero attached hydrogens (tertiary/aromatic N) is 2. The summed E-state index contributed by atoms with van der Waals surface area (Å²) in [7, 11) is 0. The molecule has 0 bridgehead atoms. The monoisotopic (exact) mass is 252 g/mol. The summed E-state index contributed by atoms with van der Waals surface area (Å²) in [6.07, 6.45) is 3.11. The van der Waals surface area contributed by atoms with Crippen LogP contribution in [0.15, 0.2) is 42.1 Å². The molecule has 0 fully saturated rings. The normalized spacial score (nSPS) is 11.1. The summed E-state index contributed by atoms with van der Waals surface area (Å²) in [5, 5.41) is 9.91. The van der Waals surface area contributed by atoms with Crippen LogP contribution in [-0.4, -0.2) is 17.6 Å². The van der Waals surface area contributed by atoms with E-state index in [1.54, 1.807) is 13.1 Å². The zero-order valence-corrected chi connectivity index (χ0v) is 10.5. The number of para-hydroxylation sites is 1. The molecule has 94 valence electrons. The van der Waals surface area contributed by atoms with Crippen molar-refractivity contribution >= 4 is 22.9 Å². The highest BCUT2D eigenvalue weighted by Crippen LogP contribution is 2.15. The molecule has 0 amide bonds. The number of aromatic nitrogens is 1. The molecule has 2 aromatic rings. The quantitative estimate of drug-likeness (QED) is 0.478. The molecule has 4 heteroatoms. The van der Waals surface area contributed by atoms with Crippen LogP contribution in [0.5, 0.6) is 0 Å². The van der Waals surface area contributed by atoms with Gasteiger partial charge in [-0.05, 0) is 30.7 Å². The van der Waals surface area contributed by atoms with Gasteiger partial charge in [0.1, 0.15) is 11.6 Å². The van der Waals surface area contributed by atoms with Crippen LogP contribution in [0.4, 0.5) is 0 Å². The molecule has 19 heavy (non-hydrogen) atoms. The Bertz CT molecular complexity index is 684. The largest absolute Gasteiger partial charge is 0.462 e. The topological polar surface area (TPSA) is 63.0 Å². The van der Waals surface area contributed by atoms with E-state index in [1.807, 2.05) is 36.4 Å². The Hall–Kier alpha value is -2.67. The van der Waals surface area contributed by atoms with Crippen LogP contribution < -0.4 is 0 Å². The van der Waals surface area contributed by atoms with Gasteiger partial charge in [-0.3, -0.25) is 4.98 Å². The molecule has 0 aliphatic rings. The van der Waals surface area contributed by atoms with Crippen molar-refractivity contribution in [2.45, 2.75) is 6.92 Å². The number of fused-ring (bicyclic) bond motifs is 1. The molecular weight excluding hydrogens is 240 g/mol. The number of hydrogen-bond acceptors (Lipinski definition) is 4. The summed E-state index contributed by atoms with van der Waals surface area (Å²) < 4.78 is 4.80. The summed E-state index contributed by atoms with van der Waals surface area (Å²) in [6.45, 7) is 1.94. The molecule has 0 saturated heterocycles. The van der Waals surface area contributed by atoms with Crippen molar-refractivity contribution in [1.29, 1.82) is 5.26 Å². The first kappa shape index (κ1) is 12.8. The molecule has 0 saturated carbocycles. The third kappa shape index (κ3) is 2.96. The van der Waals surface area contributed by atoms with Crippen LogP contribution >= 0.6 is 0 Å². The zero-order valence-electron chi connectivity index (χ0n) is 10.5. The lowest BCUT2D eigenvalue weighted by molar-refractivity contribution is -0.137. The Morgan fingerprint density at radius 1 is 1.47 bits per heavy atom. The number of pyridine rings is 1. The van der Waals surface area contributed by atoms with E-state index in [9.17, 15) is 4.79 Å². The highest BCUT2D eigenvalue weighted by atomic mass is 16.5. The summed E-state index contributed by atoms with van der Waals surface area (Å²) in [4.78, 5) is 15.8. The second kappa shape index (κ2) is 5.78. The summed E-state index contributed by atoms with van der Waals surface area (Å²) in [5.74, 6) is -0.613. The Kier molecular flexibility index (Phi) is 3.89. The van der Waals surface area contributed by atoms with Crippen LogP contribution in [-0.2, 0) is 9.53 Å². The lowest BCUT2D eigenvalue weighted by Crippen LogP contribution is -2.06. The maximum Gasteiger partial charge on any atom is 0.348 e. The minimum atomic E-state index is -0.613. The fourth-order valence-corrected chi connectivity index (χ4v) is 1.68. The minimum Gasteiger partial charge on any atom is -0.462 e. The molecule has 4 nitrogen and oxygen atoms in total. The van der Waals surface area contributed by atoms with Crippen LogP contribution in [0, 0.1) is 11.3 Å². The van der Waals surface area contributed by atoms with Crippen molar-refractivity contribution in [2.24, 2.45) is 0 Å². The smallest absolute Gasteiger partial charge is 0.348 e. The zero-order chi connectivity index (χ0) is 13.7. The molecule has 0 radical (unpaired) electrons. The number of esters is 1. The van der Waals surface area contributed by atoms with Crippen molar-refractivity contribution < 1.29 is 9.53 Å². The summed E-state index contributed by atoms with van der Waals surface area (Å²) in [6, 6.07) is 11.4. The predicted octanol–water partition coefficient (Wildman–Crippen LogP) is 2.70. The first-order valence-corrected chi connectivity index (χ1v) is 5.88. The van der Waals surface area contributed by atoms with Gasteiger partial charge in [-0.25, -0.2) is 4.79 Å². The van der Waals surface area contributed by atoms with Crippen molar-refractivity contribution in [3.05, 3.63) is 47.7 Å². The fourth-order valence-electron chi connectivity index (χ4n) is 1.68. The number of carbonyl (C=O) groups excluding carboxylic acids is 1. The van der Waals surface area contributed by atoms with Gasteiger partial charge in [-0.15, -0.1) is 0 Å². The van der Waals surface area contributed by atoms with E-state index in [-0.39, 0.29) is 12.2 Å². The van der Waals surface area contributed by atoms with Gasteiger partial charge in [0.2, 0.25) is 0 Å². The van der Waals surface area contributed by atoms with Crippen LogP contribution in [0.25, 0.3) is 17.0 Å². The Balaban J connectivity index is 2.38. The number of hydrogen-bond donors (Lipinski definition) is 0. The summed E-state index contributed by atoms with van der Waals surface area (Å²) in [5.41, 5.74) is 1.54. The number of rotatable bonds is 3. The van der Waals surface area contributed by atoms with Gasteiger partial charge in [0.25, 0.3) is 0 Å². The van der Waals surface area contributed by atoms with Gasteiger partial charge >= 0.3 is 5.97 Å². The van der Waals surface area contributed by atoms with Crippen molar-refractivity contribution in [3.63, 3.8) is 0 Å². The van der Waals surface area contributed by atoms with E-state index in [4.69, 9.17) is 10.00 Å². The van der Waals surface area contributed by atoms with E-state index in [1.165, 1.54) is 6.08 Å². The third-order valence-corrected chi connectivity index (χ3v) is 2.54. The highest BCUT2D eigenvalue weighted by molar-refractivity contribution is 5.98. The van der Waals surface area contributed by atoms with E-state index < -0.39 is 5.97 Å². The molecule has 0 unspecified atom stereocenters. The van der Waals surface area contributed by atoms with Gasteiger partial charge in [0.05, 0.1) is 12.1 Å². The van der Waals surface area contributed by atoms with Crippen molar-refractivity contribution in [2.75, 3.05) is 6.61 Å². The van der Waals surface area contributed by atoms with Gasteiger partial charge in [-0.2, -0.15) is 5.26 Å². The molecule has 1 aromatic heterocycles. The van der Waals surface area contributed by atoms with Crippen LogP contribution in [0.2, 0.25) is 0 Å². The Morgan fingerprint density at radius 3 is 3.00 bits per heavy atom. The molecule has 0 N–H and O–H groups in total. The number of carbonyl (C=O) groups is 1. The van der Waals surface area contributed by atoms with Gasteiger partial charge < -0.3 is 4.74 Å². The molecule has 0 aliphatic carbocycles. The lowest BCUT2D eigenvalue weighted by Gasteiger charge is -2.01. The molecule has 2 rings (SSSR count). The van der Waals surface area contributed by atoms with Gasteiger partial charge in [-0.1, -0.05) is 18.2 Å². The molecule has 1 aromatic carbocycles. The minimum absolute atomic E-state index is 0.0288. The third-order valence-electron chi connectivity index (χ3n) is 2.54. The van der Waals surface area contributed by atoms with Crippen LogP contribution in [0.3, 0.4) is 0 Å². The van der Waals surface area contributed by atoms with E-state index >= 15 is 0 Å². The maximum absolute atomic E-state index is 11.5. The first-order valence-electron chi connectivity index (χ1n) is 5.88. The molecular formula is C15H12N2O2. The van der Waals surface area contributed by atoms with Gasteiger partial charge in [0, 0.05) is 11.6 Å². The lowest BCUT2D eigenvalue weighted by atomic mass is 10.1.